The Morgan fingerprint density at radius 2 is 2.21 bits per heavy atom. The third-order valence-corrected chi connectivity index (χ3v) is 3.30. The highest BCUT2D eigenvalue weighted by molar-refractivity contribution is 5.83. The summed E-state index contributed by atoms with van der Waals surface area (Å²) < 4.78 is 0. The molecule has 1 aliphatic carbocycles. The third-order valence-electron chi connectivity index (χ3n) is 3.30. The molecule has 2 rings (SSSR count). The molecular weight excluding hydrogens is 240 g/mol. The Balaban J connectivity index is 2.13. The molecule has 1 atom stereocenters. The number of hydrogen-bond donors (Lipinski definition) is 1. The minimum atomic E-state index is -0.519. The number of hydrogen-bond acceptors (Lipinski definition) is 3. The number of nitrogens with one attached hydrogen (secondary N) is 1. The van der Waals surface area contributed by atoms with Crippen molar-refractivity contribution in [2.75, 3.05) is 0 Å². The summed E-state index contributed by atoms with van der Waals surface area (Å²) in [5.74, 6) is 0.0584. The van der Waals surface area contributed by atoms with Gasteiger partial charge >= 0.3 is 0 Å². The number of nitrogens with zero attached hydrogens (tertiary/aromatic N) is 1. The zero-order chi connectivity index (χ0) is 13.8. The van der Waals surface area contributed by atoms with Gasteiger partial charge in [0.2, 0.25) is 5.91 Å². The van der Waals surface area contributed by atoms with Gasteiger partial charge in [-0.3, -0.25) is 9.59 Å². The number of amides is 1. The zero-order valence-corrected chi connectivity index (χ0v) is 10.9. The Labute approximate surface area is 112 Å². The summed E-state index contributed by atoms with van der Waals surface area (Å²) in [5, 5.41) is 11.6. The second-order valence-corrected chi connectivity index (χ2v) is 4.90. The normalized spacial score (nSPS) is 15.3. The maximum absolute atomic E-state index is 11.5. The molecular formula is C15H16N2O2. The summed E-state index contributed by atoms with van der Waals surface area (Å²) in [6.07, 6.45) is 2.39. The zero-order valence-electron chi connectivity index (χ0n) is 10.9. The quantitative estimate of drug-likeness (QED) is 0.886. The van der Waals surface area contributed by atoms with E-state index in [2.05, 4.69) is 11.4 Å². The van der Waals surface area contributed by atoms with Gasteiger partial charge in [0.25, 0.3) is 0 Å². The van der Waals surface area contributed by atoms with Crippen molar-refractivity contribution in [1.29, 1.82) is 5.26 Å². The first kappa shape index (κ1) is 13.3. The highest BCUT2D eigenvalue weighted by atomic mass is 16.1. The van der Waals surface area contributed by atoms with Gasteiger partial charge in [-0.15, -0.1) is 0 Å². The molecule has 19 heavy (non-hydrogen) atoms. The number of carbonyl (C=O) groups excluding carboxylic acids is 2. The molecule has 1 N–H and O–H groups in total. The van der Waals surface area contributed by atoms with Crippen molar-refractivity contribution in [3.63, 3.8) is 0 Å². The van der Waals surface area contributed by atoms with Crippen LogP contribution in [-0.2, 0) is 28.9 Å². The molecule has 0 radical (unpaired) electrons. The van der Waals surface area contributed by atoms with Gasteiger partial charge in [0, 0.05) is 26.2 Å². The fourth-order valence-corrected chi connectivity index (χ4v) is 2.40. The lowest BCUT2D eigenvalue weighted by Gasteiger charge is -2.17. The fraction of sp³-hybridized carbons (Fsp3) is 0.400. The van der Waals surface area contributed by atoms with Gasteiger partial charge in [0.1, 0.15) is 11.8 Å². The van der Waals surface area contributed by atoms with Gasteiger partial charge < -0.3 is 5.32 Å². The van der Waals surface area contributed by atoms with E-state index in [4.69, 9.17) is 5.26 Å². The Morgan fingerprint density at radius 3 is 2.89 bits per heavy atom. The average Bonchev–Trinajstić information content (AvgIpc) is 2.37. The van der Waals surface area contributed by atoms with Crippen LogP contribution in [-0.4, -0.2) is 17.7 Å². The van der Waals surface area contributed by atoms with E-state index in [1.165, 1.54) is 12.5 Å². The van der Waals surface area contributed by atoms with Crippen LogP contribution in [0.5, 0.6) is 0 Å². The molecule has 1 aromatic rings. The molecule has 0 spiro atoms. The predicted octanol–water partition coefficient (Wildman–Crippen LogP) is 1.32. The van der Waals surface area contributed by atoms with Crippen molar-refractivity contribution in [3.8, 4) is 6.07 Å². The van der Waals surface area contributed by atoms with E-state index in [1.54, 1.807) is 0 Å². The number of aryl methyl sites for hydroxylation is 1. The first-order valence-corrected chi connectivity index (χ1v) is 6.37. The Bertz CT molecular complexity index is 558. The lowest BCUT2D eigenvalue weighted by atomic mass is 9.88. The van der Waals surface area contributed by atoms with Crippen molar-refractivity contribution in [2.24, 2.45) is 0 Å². The standard InChI is InChI=1S/C15H16N2O2/c1-10(18)17-14(9-16)7-11-2-3-12-4-5-15(19)8-13(12)6-11/h2-3,6,14H,4-5,7-8H2,1H3,(H,17,18). The molecule has 0 bridgehead atoms. The number of ketones is 1. The first-order valence-electron chi connectivity index (χ1n) is 6.37. The largest absolute Gasteiger partial charge is 0.340 e. The highest BCUT2D eigenvalue weighted by Crippen LogP contribution is 2.21. The van der Waals surface area contributed by atoms with Crippen LogP contribution in [0, 0.1) is 11.3 Å². The molecule has 0 fully saturated rings. The molecule has 0 aromatic heterocycles. The van der Waals surface area contributed by atoms with E-state index in [1.807, 2.05) is 18.2 Å². The van der Waals surface area contributed by atoms with E-state index in [0.717, 1.165) is 17.5 Å². The molecule has 1 amide bonds. The van der Waals surface area contributed by atoms with Crippen LogP contribution >= 0.6 is 0 Å². The maximum atomic E-state index is 11.5. The summed E-state index contributed by atoms with van der Waals surface area (Å²) >= 11 is 0. The molecule has 1 aliphatic rings. The van der Waals surface area contributed by atoms with Gasteiger partial charge in [0.05, 0.1) is 6.07 Å². The van der Waals surface area contributed by atoms with Crippen LogP contribution in [0.2, 0.25) is 0 Å². The monoisotopic (exact) mass is 256 g/mol. The molecule has 1 aromatic carbocycles. The van der Waals surface area contributed by atoms with E-state index < -0.39 is 6.04 Å². The van der Waals surface area contributed by atoms with E-state index in [0.29, 0.717) is 19.3 Å². The summed E-state index contributed by atoms with van der Waals surface area (Å²) in [4.78, 5) is 22.4. The highest BCUT2D eigenvalue weighted by Gasteiger charge is 2.17. The maximum Gasteiger partial charge on any atom is 0.217 e. The summed E-state index contributed by atoms with van der Waals surface area (Å²) in [7, 11) is 0. The Hall–Kier alpha value is -2.15. The van der Waals surface area contributed by atoms with Gasteiger partial charge in [0.15, 0.2) is 0 Å². The number of nitriles is 1. The second kappa shape index (κ2) is 5.66. The van der Waals surface area contributed by atoms with Crippen LogP contribution in [0.15, 0.2) is 18.2 Å². The van der Waals surface area contributed by atoms with E-state index >= 15 is 0 Å². The lowest BCUT2D eigenvalue weighted by molar-refractivity contribution is -0.119. The minimum absolute atomic E-state index is 0.209. The number of fused-ring (bicyclic) bond motifs is 1. The van der Waals surface area contributed by atoms with Crippen molar-refractivity contribution in [3.05, 3.63) is 34.9 Å². The molecule has 0 saturated heterocycles. The van der Waals surface area contributed by atoms with Crippen molar-refractivity contribution >= 4 is 11.7 Å². The van der Waals surface area contributed by atoms with Gasteiger partial charge in [-0.2, -0.15) is 5.26 Å². The summed E-state index contributed by atoms with van der Waals surface area (Å²) in [6, 6.07) is 7.54. The van der Waals surface area contributed by atoms with Crippen LogP contribution in [0.1, 0.15) is 30.0 Å². The molecule has 98 valence electrons. The van der Waals surface area contributed by atoms with Crippen LogP contribution in [0.3, 0.4) is 0 Å². The smallest absolute Gasteiger partial charge is 0.217 e. The Morgan fingerprint density at radius 1 is 1.42 bits per heavy atom. The van der Waals surface area contributed by atoms with Crippen LogP contribution < -0.4 is 5.32 Å². The molecule has 4 nitrogen and oxygen atoms in total. The fourth-order valence-electron chi connectivity index (χ4n) is 2.40. The van der Waals surface area contributed by atoms with Crippen molar-refractivity contribution < 1.29 is 9.59 Å². The number of rotatable bonds is 3. The van der Waals surface area contributed by atoms with Crippen molar-refractivity contribution in [2.45, 2.75) is 38.6 Å². The van der Waals surface area contributed by atoms with Crippen LogP contribution in [0.25, 0.3) is 0 Å². The second-order valence-electron chi connectivity index (χ2n) is 4.90. The molecule has 0 saturated carbocycles. The van der Waals surface area contributed by atoms with Gasteiger partial charge in [-0.25, -0.2) is 0 Å². The number of Topliss-reactive ketones (excluding diaryl/α,β-unsaturated/α-hetero) is 1. The SMILES string of the molecule is CC(=O)NC(C#N)Cc1ccc2c(c1)CC(=O)CC2. The summed E-state index contributed by atoms with van der Waals surface area (Å²) in [6.45, 7) is 1.40. The molecule has 1 unspecified atom stereocenters. The lowest BCUT2D eigenvalue weighted by Crippen LogP contribution is -2.33. The van der Waals surface area contributed by atoms with E-state index in [-0.39, 0.29) is 11.7 Å². The Kier molecular flexibility index (Phi) is 3.96. The minimum Gasteiger partial charge on any atom is -0.340 e. The first-order chi connectivity index (χ1) is 9.08. The molecule has 4 heteroatoms. The number of carbonyl (C=O) groups is 2. The van der Waals surface area contributed by atoms with Gasteiger partial charge in [-0.1, -0.05) is 18.2 Å². The van der Waals surface area contributed by atoms with Crippen LogP contribution in [0.4, 0.5) is 0 Å². The predicted molar refractivity (Wildman–Crippen MR) is 70.4 cm³/mol. The topological polar surface area (TPSA) is 70.0 Å². The number of benzene rings is 1. The van der Waals surface area contributed by atoms with Gasteiger partial charge in [-0.05, 0) is 23.1 Å². The summed E-state index contributed by atoms with van der Waals surface area (Å²) in [5.41, 5.74) is 3.26. The van der Waals surface area contributed by atoms with E-state index in [9.17, 15) is 9.59 Å². The van der Waals surface area contributed by atoms with Crippen molar-refractivity contribution in [1.82, 2.24) is 5.32 Å². The molecule has 0 heterocycles. The average molecular weight is 256 g/mol. The third kappa shape index (κ3) is 3.41. The molecule has 0 aliphatic heterocycles.